The maximum Gasteiger partial charge on any atom is 0.236 e. The topological polar surface area (TPSA) is 60.4 Å². The largest absolute Gasteiger partial charge is 0.377 e. The molecule has 3 saturated heterocycles. The lowest BCUT2D eigenvalue weighted by molar-refractivity contribution is -0.131. The first-order valence-corrected chi connectivity index (χ1v) is 10.6. The lowest BCUT2D eigenvalue weighted by Gasteiger charge is -2.55. The standard InChI is InChI=1S/C20H35N5O2.HI/c1-20(2)17(15-6-13-27-18(15)20)22-19(21-3)25-11-9-23(10-12-25)14-16(26)24-7-4-5-8-24;/h15,17-18H,4-14H2,1-3H3,(H,21,22);1H. The quantitative estimate of drug-likeness (QED) is 0.356. The molecule has 160 valence electrons. The number of amides is 1. The summed E-state index contributed by atoms with van der Waals surface area (Å²) in [6.07, 6.45) is 3.86. The van der Waals surface area contributed by atoms with Crippen LogP contribution in [0.15, 0.2) is 4.99 Å². The first-order chi connectivity index (χ1) is 13.0. The predicted octanol–water partition coefficient (Wildman–Crippen LogP) is 1.23. The summed E-state index contributed by atoms with van der Waals surface area (Å²) in [6.45, 7) is 11.6. The Hall–Kier alpha value is -0.610. The summed E-state index contributed by atoms with van der Waals surface area (Å²) in [5, 5.41) is 3.74. The van der Waals surface area contributed by atoms with Gasteiger partial charge in [-0.2, -0.15) is 0 Å². The van der Waals surface area contributed by atoms with Crippen LogP contribution in [0.3, 0.4) is 0 Å². The number of ether oxygens (including phenoxy) is 1. The Morgan fingerprint density at radius 2 is 1.79 bits per heavy atom. The molecule has 3 atom stereocenters. The minimum absolute atomic E-state index is 0. The van der Waals surface area contributed by atoms with Gasteiger partial charge in [0.2, 0.25) is 5.91 Å². The van der Waals surface area contributed by atoms with Gasteiger partial charge in [0.1, 0.15) is 0 Å². The second kappa shape index (κ2) is 9.04. The fourth-order valence-electron chi connectivity index (χ4n) is 5.43. The van der Waals surface area contributed by atoms with E-state index in [1.165, 1.54) is 0 Å². The van der Waals surface area contributed by atoms with Crippen molar-refractivity contribution < 1.29 is 9.53 Å². The van der Waals surface area contributed by atoms with Crippen LogP contribution in [0.5, 0.6) is 0 Å². The number of hydrogen-bond acceptors (Lipinski definition) is 4. The number of halogens is 1. The Morgan fingerprint density at radius 3 is 2.43 bits per heavy atom. The van der Waals surface area contributed by atoms with Crippen molar-refractivity contribution in [2.75, 3.05) is 59.5 Å². The molecule has 4 aliphatic rings. The fourth-order valence-corrected chi connectivity index (χ4v) is 5.43. The highest BCUT2D eigenvalue weighted by molar-refractivity contribution is 14.0. The number of fused-ring (bicyclic) bond motifs is 1. The zero-order chi connectivity index (χ0) is 19.0. The smallest absolute Gasteiger partial charge is 0.236 e. The molecule has 0 aromatic carbocycles. The summed E-state index contributed by atoms with van der Waals surface area (Å²) in [5.74, 6) is 1.91. The average molecular weight is 505 g/mol. The van der Waals surface area contributed by atoms with E-state index in [2.05, 4.69) is 34.0 Å². The highest BCUT2D eigenvalue weighted by Gasteiger charge is 2.59. The molecule has 4 fully saturated rings. The van der Waals surface area contributed by atoms with Crippen molar-refractivity contribution in [2.24, 2.45) is 16.3 Å². The van der Waals surface area contributed by atoms with Gasteiger partial charge in [-0.05, 0) is 19.3 Å². The predicted molar refractivity (Wildman–Crippen MR) is 121 cm³/mol. The third kappa shape index (κ3) is 4.14. The number of carbonyl (C=O) groups excluding carboxylic acids is 1. The van der Waals surface area contributed by atoms with E-state index in [-0.39, 0.29) is 29.4 Å². The first kappa shape index (κ1) is 22.1. The molecule has 3 heterocycles. The number of guanidine groups is 1. The maximum absolute atomic E-state index is 12.4. The van der Waals surface area contributed by atoms with Crippen molar-refractivity contribution >= 4 is 35.8 Å². The summed E-state index contributed by atoms with van der Waals surface area (Å²) in [6, 6.07) is 0.429. The van der Waals surface area contributed by atoms with Gasteiger partial charge < -0.3 is 19.9 Å². The molecule has 28 heavy (non-hydrogen) atoms. The SMILES string of the molecule is CN=C(NC1C2CCOC2C1(C)C)N1CCN(CC(=O)N2CCCC2)CC1.I. The van der Waals surface area contributed by atoms with Crippen LogP contribution in [0.1, 0.15) is 33.1 Å². The average Bonchev–Trinajstić information content (AvgIpc) is 3.34. The van der Waals surface area contributed by atoms with Crippen LogP contribution in [0, 0.1) is 11.3 Å². The van der Waals surface area contributed by atoms with Crippen LogP contribution >= 0.6 is 24.0 Å². The van der Waals surface area contributed by atoms with Crippen molar-refractivity contribution in [3.63, 3.8) is 0 Å². The first-order valence-electron chi connectivity index (χ1n) is 10.6. The zero-order valence-electron chi connectivity index (χ0n) is 17.5. The fraction of sp³-hybridized carbons (Fsp3) is 0.900. The van der Waals surface area contributed by atoms with Gasteiger partial charge in [0, 0.05) is 70.3 Å². The molecule has 0 spiro atoms. The van der Waals surface area contributed by atoms with Crippen LogP contribution in [0.4, 0.5) is 0 Å². The Balaban J connectivity index is 0.00000225. The van der Waals surface area contributed by atoms with Gasteiger partial charge in [0.05, 0.1) is 12.6 Å². The molecule has 3 aliphatic heterocycles. The number of aliphatic imine (C=N–C) groups is 1. The minimum atomic E-state index is 0. The number of carbonyl (C=O) groups is 1. The van der Waals surface area contributed by atoms with E-state index in [1.54, 1.807) is 0 Å². The second-order valence-corrected chi connectivity index (χ2v) is 9.09. The lowest BCUT2D eigenvalue weighted by Crippen LogP contribution is -2.68. The number of piperazine rings is 1. The molecule has 8 heteroatoms. The van der Waals surface area contributed by atoms with Crippen LogP contribution in [0.25, 0.3) is 0 Å². The number of hydrogen-bond donors (Lipinski definition) is 1. The van der Waals surface area contributed by atoms with Crippen molar-refractivity contribution in [1.29, 1.82) is 0 Å². The zero-order valence-corrected chi connectivity index (χ0v) is 19.9. The molecular weight excluding hydrogens is 469 g/mol. The lowest BCUT2D eigenvalue weighted by atomic mass is 9.57. The van der Waals surface area contributed by atoms with Gasteiger partial charge >= 0.3 is 0 Å². The van der Waals surface area contributed by atoms with Crippen molar-refractivity contribution in [1.82, 2.24) is 20.0 Å². The Morgan fingerprint density at radius 1 is 1.11 bits per heavy atom. The third-order valence-electron chi connectivity index (χ3n) is 7.09. The van der Waals surface area contributed by atoms with Gasteiger partial charge in [0.25, 0.3) is 0 Å². The summed E-state index contributed by atoms with van der Waals surface area (Å²) in [4.78, 5) is 23.6. The maximum atomic E-state index is 12.4. The van der Waals surface area contributed by atoms with Gasteiger partial charge in [-0.25, -0.2) is 0 Å². The van der Waals surface area contributed by atoms with Crippen molar-refractivity contribution in [3.8, 4) is 0 Å². The number of rotatable bonds is 3. The Bertz CT molecular complexity index is 585. The molecule has 4 rings (SSSR count). The second-order valence-electron chi connectivity index (χ2n) is 9.09. The van der Waals surface area contributed by atoms with Crippen LogP contribution < -0.4 is 5.32 Å². The highest BCUT2D eigenvalue weighted by atomic mass is 127. The van der Waals surface area contributed by atoms with E-state index in [0.717, 1.165) is 71.1 Å². The van der Waals surface area contributed by atoms with E-state index < -0.39 is 0 Å². The third-order valence-corrected chi connectivity index (χ3v) is 7.09. The highest BCUT2D eigenvalue weighted by Crippen LogP contribution is 2.52. The molecule has 7 nitrogen and oxygen atoms in total. The molecule has 1 N–H and O–H groups in total. The van der Waals surface area contributed by atoms with Crippen LogP contribution in [0.2, 0.25) is 0 Å². The number of nitrogens with one attached hydrogen (secondary N) is 1. The molecule has 1 amide bonds. The van der Waals surface area contributed by atoms with E-state index >= 15 is 0 Å². The molecule has 1 saturated carbocycles. The molecule has 1 aliphatic carbocycles. The summed E-state index contributed by atoms with van der Waals surface area (Å²) in [5.41, 5.74) is 0.154. The molecule has 0 radical (unpaired) electrons. The molecular formula is C20H36IN5O2. The van der Waals surface area contributed by atoms with E-state index in [9.17, 15) is 4.79 Å². The monoisotopic (exact) mass is 505 g/mol. The van der Waals surface area contributed by atoms with E-state index in [0.29, 0.717) is 30.5 Å². The minimum Gasteiger partial charge on any atom is -0.377 e. The molecule has 0 aromatic rings. The number of likely N-dealkylation sites (tertiary alicyclic amines) is 1. The number of nitrogens with zero attached hydrogens (tertiary/aromatic N) is 4. The summed E-state index contributed by atoms with van der Waals surface area (Å²) >= 11 is 0. The Kier molecular flexibility index (Phi) is 7.13. The molecule has 0 bridgehead atoms. The van der Waals surface area contributed by atoms with Crippen molar-refractivity contribution in [2.45, 2.75) is 45.3 Å². The van der Waals surface area contributed by atoms with Crippen LogP contribution in [-0.2, 0) is 9.53 Å². The van der Waals surface area contributed by atoms with Crippen LogP contribution in [-0.4, -0.2) is 98.2 Å². The Labute approximate surface area is 186 Å². The van der Waals surface area contributed by atoms with E-state index in [1.807, 2.05) is 11.9 Å². The summed E-state index contributed by atoms with van der Waals surface area (Å²) in [7, 11) is 1.87. The summed E-state index contributed by atoms with van der Waals surface area (Å²) < 4.78 is 5.92. The normalized spacial score (nSPS) is 32.5. The van der Waals surface area contributed by atoms with Gasteiger partial charge in [0.15, 0.2) is 5.96 Å². The van der Waals surface area contributed by atoms with Gasteiger partial charge in [-0.15, -0.1) is 24.0 Å². The molecule has 0 aromatic heterocycles. The van der Waals surface area contributed by atoms with Gasteiger partial charge in [-0.1, -0.05) is 13.8 Å². The molecule has 3 unspecified atom stereocenters. The van der Waals surface area contributed by atoms with Gasteiger partial charge in [-0.3, -0.25) is 14.7 Å². The van der Waals surface area contributed by atoms with Crippen molar-refractivity contribution in [3.05, 3.63) is 0 Å². The van der Waals surface area contributed by atoms with E-state index in [4.69, 9.17) is 4.74 Å².